The lowest BCUT2D eigenvalue weighted by Gasteiger charge is -2.17. The van der Waals surface area contributed by atoms with E-state index in [1.807, 2.05) is 11.9 Å². The van der Waals surface area contributed by atoms with Crippen LogP contribution in [0.4, 0.5) is 17.6 Å². The fourth-order valence-corrected chi connectivity index (χ4v) is 1.88. The molecule has 0 radical (unpaired) electrons. The molecule has 0 bridgehead atoms. The van der Waals surface area contributed by atoms with Gasteiger partial charge in [0.1, 0.15) is 24.7 Å². The molecule has 0 fully saturated rings. The normalized spacial score (nSPS) is 10.9. The zero-order valence-corrected chi connectivity index (χ0v) is 13.1. The molecular formula is C17H17F4NO2. The van der Waals surface area contributed by atoms with Crippen LogP contribution in [-0.4, -0.2) is 38.3 Å². The van der Waals surface area contributed by atoms with Gasteiger partial charge in [-0.2, -0.15) is 0 Å². The van der Waals surface area contributed by atoms with Crippen molar-refractivity contribution in [3.8, 4) is 11.5 Å². The van der Waals surface area contributed by atoms with Gasteiger partial charge in [-0.25, -0.2) is 17.6 Å². The molecule has 2 rings (SSSR count). The Morgan fingerprint density at radius 2 is 1.12 bits per heavy atom. The van der Waals surface area contributed by atoms with Gasteiger partial charge in [-0.15, -0.1) is 0 Å². The highest BCUT2D eigenvalue weighted by molar-refractivity contribution is 5.24. The summed E-state index contributed by atoms with van der Waals surface area (Å²) in [6.07, 6.45) is 0. The lowest BCUT2D eigenvalue weighted by molar-refractivity contribution is 0.201. The van der Waals surface area contributed by atoms with Crippen molar-refractivity contribution in [3.05, 3.63) is 59.7 Å². The topological polar surface area (TPSA) is 21.7 Å². The van der Waals surface area contributed by atoms with Gasteiger partial charge in [-0.05, 0) is 31.3 Å². The van der Waals surface area contributed by atoms with Gasteiger partial charge in [0.25, 0.3) is 0 Å². The molecular weight excluding hydrogens is 326 g/mol. The molecule has 0 aromatic heterocycles. The average molecular weight is 343 g/mol. The molecule has 0 N–H and O–H groups in total. The smallest absolute Gasteiger partial charge is 0.162 e. The largest absolute Gasteiger partial charge is 0.492 e. The lowest BCUT2D eigenvalue weighted by atomic mass is 10.3. The monoisotopic (exact) mass is 343 g/mol. The third-order valence-corrected chi connectivity index (χ3v) is 3.27. The summed E-state index contributed by atoms with van der Waals surface area (Å²) >= 11 is 0. The molecule has 0 aliphatic carbocycles. The Bertz CT molecular complexity index is 624. The van der Waals surface area contributed by atoms with Crippen molar-refractivity contribution in [2.75, 3.05) is 33.4 Å². The molecule has 3 nitrogen and oxygen atoms in total. The van der Waals surface area contributed by atoms with E-state index in [-0.39, 0.29) is 24.7 Å². The Kier molecular flexibility index (Phi) is 6.43. The molecule has 0 aliphatic heterocycles. The number of rotatable bonds is 8. The van der Waals surface area contributed by atoms with E-state index in [0.29, 0.717) is 13.1 Å². The number of halogens is 4. The molecule has 7 heteroatoms. The molecule has 0 amide bonds. The van der Waals surface area contributed by atoms with E-state index < -0.39 is 23.3 Å². The quantitative estimate of drug-likeness (QED) is 0.683. The Morgan fingerprint density at radius 1 is 0.708 bits per heavy atom. The zero-order valence-electron chi connectivity index (χ0n) is 13.1. The molecule has 24 heavy (non-hydrogen) atoms. The maximum absolute atomic E-state index is 13.0. The van der Waals surface area contributed by atoms with Crippen LogP contribution in [0.15, 0.2) is 36.4 Å². The van der Waals surface area contributed by atoms with Crippen molar-refractivity contribution in [2.45, 2.75) is 0 Å². The molecule has 0 saturated carbocycles. The second kappa shape index (κ2) is 8.54. The molecule has 0 unspecified atom stereocenters. The number of hydrogen-bond donors (Lipinski definition) is 0. The summed E-state index contributed by atoms with van der Waals surface area (Å²) in [6, 6.07) is 6.69. The zero-order chi connectivity index (χ0) is 17.5. The minimum atomic E-state index is -0.958. The lowest BCUT2D eigenvalue weighted by Crippen LogP contribution is -2.28. The van der Waals surface area contributed by atoms with Crippen molar-refractivity contribution in [1.82, 2.24) is 4.90 Å². The van der Waals surface area contributed by atoms with Crippen LogP contribution >= 0.6 is 0 Å². The van der Waals surface area contributed by atoms with Crippen LogP contribution in [0.1, 0.15) is 0 Å². The molecule has 2 aromatic carbocycles. The van der Waals surface area contributed by atoms with Crippen LogP contribution in [0.5, 0.6) is 11.5 Å². The first-order chi connectivity index (χ1) is 11.5. The maximum Gasteiger partial charge on any atom is 0.162 e. The van der Waals surface area contributed by atoms with Crippen LogP contribution < -0.4 is 9.47 Å². The van der Waals surface area contributed by atoms with Gasteiger partial charge < -0.3 is 9.47 Å². The summed E-state index contributed by atoms with van der Waals surface area (Å²) in [4.78, 5) is 1.89. The number of nitrogens with zero attached hydrogens (tertiary/aromatic N) is 1. The third-order valence-electron chi connectivity index (χ3n) is 3.27. The number of likely N-dealkylation sites (N-methyl/N-ethyl adjacent to an activating group) is 1. The van der Waals surface area contributed by atoms with Crippen molar-refractivity contribution >= 4 is 0 Å². The molecule has 0 atom stereocenters. The first-order valence-electron chi connectivity index (χ1n) is 7.30. The molecule has 0 saturated heterocycles. The highest BCUT2D eigenvalue weighted by Crippen LogP contribution is 2.16. The first kappa shape index (κ1) is 18.1. The van der Waals surface area contributed by atoms with Gasteiger partial charge in [0, 0.05) is 25.2 Å². The van der Waals surface area contributed by atoms with Crippen molar-refractivity contribution in [2.24, 2.45) is 0 Å². The van der Waals surface area contributed by atoms with Gasteiger partial charge in [-0.3, -0.25) is 4.90 Å². The molecule has 0 heterocycles. The predicted octanol–water partition coefficient (Wildman–Crippen LogP) is 3.63. The van der Waals surface area contributed by atoms with Gasteiger partial charge in [-0.1, -0.05) is 0 Å². The highest BCUT2D eigenvalue weighted by Gasteiger charge is 2.06. The van der Waals surface area contributed by atoms with E-state index in [0.717, 1.165) is 24.3 Å². The molecule has 2 aromatic rings. The van der Waals surface area contributed by atoms with Crippen LogP contribution in [0, 0.1) is 23.3 Å². The second-order valence-corrected chi connectivity index (χ2v) is 5.15. The Morgan fingerprint density at radius 3 is 1.50 bits per heavy atom. The average Bonchev–Trinajstić information content (AvgIpc) is 2.54. The minimum Gasteiger partial charge on any atom is -0.492 e. The van der Waals surface area contributed by atoms with Crippen molar-refractivity contribution < 1.29 is 27.0 Å². The van der Waals surface area contributed by atoms with Gasteiger partial charge in [0.2, 0.25) is 0 Å². The van der Waals surface area contributed by atoms with E-state index >= 15 is 0 Å². The number of benzene rings is 2. The van der Waals surface area contributed by atoms with Crippen LogP contribution in [0.25, 0.3) is 0 Å². The molecule has 130 valence electrons. The molecule has 0 spiro atoms. The fourth-order valence-electron chi connectivity index (χ4n) is 1.88. The summed E-state index contributed by atoms with van der Waals surface area (Å²) in [7, 11) is 1.82. The van der Waals surface area contributed by atoms with Crippen LogP contribution in [0.3, 0.4) is 0 Å². The van der Waals surface area contributed by atoms with Gasteiger partial charge in [0.05, 0.1) is 0 Å². The standard InChI is InChI=1S/C17H17F4NO2/c1-22(6-8-23-12-2-4-14(18)16(20)10-12)7-9-24-13-3-5-15(19)17(21)11-13/h2-5,10-11H,6-9H2,1H3. The van der Waals surface area contributed by atoms with E-state index in [1.165, 1.54) is 12.1 Å². The fraction of sp³-hybridized carbons (Fsp3) is 0.294. The third kappa shape index (κ3) is 5.42. The van der Waals surface area contributed by atoms with E-state index in [1.54, 1.807) is 0 Å². The SMILES string of the molecule is CN(CCOc1ccc(F)c(F)c1)CCOc1ccc(F)c(F)c1. The van der Waals surface area contributed by atoms with E-state index in [2.05, 4.69) is 0 Å². The first-order valence-corrected chi connectivity index (χ1v) is 7.30. The van der Waals surface area contributed by atoms with Crippen LogP contribution in [0.2, 0.25) is 0 Å². The van der Waals surface area contributed by atoms with Crippen molar-refractivity contribution in [3.63, 3.8) is 0 Å². The van der Waals surface area contributed by atoms with Crippen LogP contribution in [-0.2, 0) is 0 Å². The second-order valence-electron chi connectivity index (χ2n) is 5.15. The Balaban J connectivity index is 1.66. The number of ether oxygens (including phenoxy) is 2. The molecule has 0 aliphatic rings. The summed E-state index contributed by atoms with van der Waals surface area (Å²) in [5.41, 5.74) is 0. The van der Waals surface area contributed by atoms with Gasteiger partial charge in [0.15, 0.2) is 23.3 Å². The predicted molar refractivity (Wildman–Crippen MR) is 81.2 cm³/mol. The Hall–Kier alpha value is -2.28. The summed E-state index contributed by atoms with van der Waals surface area (Å²) in [6.45, 7) is 1.62. The summed E-state index contributed by atoms with van der Waals surface area (Å²) in [5.74, 6) is -3.26. The summed E-state index contributed by atoms with van der Waals surface area (Å²) in [5, 5.41) is 0. The van der Waals surface area contributed by atoms with Crippen molar-refractivity contribution in [1.29, 1.82) is 0 Å². The Labute approximate surface area is 137 Å². The highest BCUT2D eigenvalue weighted by atomic mass is 19.2. The minimum absolute atomic E-state index is 0.250. The van der Waals surface area contributed by atoms with Gasteiger partial charge >= 0.3 is 0 Å². The maximum atomic E-state index is 13.0. The van der Waals surface area contributed by atoms with E-state index in [9.17, 15) is 17.6 Å². The summed E-state index contributed by atoms with van der Waals surface area (Å²) < 4.78 is 62.2. The number of hydrogen-bond acceptors (Lipinski definition) is 3. The van der Waals surface area contributed by atoms with E-state index in [4.69, 9.17) is 9.47 Å².